The molecule has 0 aliphatic carbocycles. The van der Waals surface area contributed by atoms with Crippen molar-refractivity contribution in [3.05, 3.63) is 10.4 Å². The van der Waals surface area contributed by atoms with E-state index in [9.17, 15) is 5.11 Å². The third-order valence-electron chi connectivity index (χ3n) is 1.64. The van der Waals surface area contributed by atoms with Crippen LogP contribution in [-0.2, 0) is 4.74 Å². The molecule has 1 saturated heterocycles. The van der Waals surface area contributed by atoms with Gasteiger partial charge in [0, 0.05) is 4.91 Å². The van der Waals surface area contributed by atoms with Gasteiger partial charge in [-0.1, -0.05) is 5.11 Å². The molecule has 0 saturated carbocycles. The van der Waals surface area contributed by atoms with Crippen LogP contribution in [0.3, 0.4) is 0 Å². The van der Waals surface area contributed by atoms with Crippen LogP contribution in [0, 0.1) is 0 Å². The van der Waals surface area contributed by atoms with Crippen molar-refractivity contribution in [2.75, 3.05) is 6.61 Å². The molecule has 4 atom stereocenters. The lowest BCUT2D eigenvalue weighted by molar-refractivity contribution is -0.0198. The number of halogens is 1. The zero-order valence-electron chi connectivity index (χ0n) is 6.04. The molecule has 0 radical (unpaired) electrons. The summed E-state index contributed by atoms with van der Waals surface area (Å²) < 4.78 is 4.92. The first-order chi connectivity index (χ1) is 5.70. The fourth-order valence-electron chi connectivity index (χ4n) is 1.00. The Balaban J connectivity index is 2.66. The van der Waals surface area contributed by atoms with Gasteiger partial charge in [0.15, 0.2) is 6.23 Å². The Morgan fingerprint density at radius 1 is 1.67 bits per heavy atom. The van der Waals surface area contributed by atoms with Crippen LogP contribution in [0.15, 0.2) is 5.11 Å². The van der Waals surface area contributed by atoms with Crippen molar-refractivity contribution in [1.29, 1.82) is 0 Å². The maximum absolute atomic E-state index is 9.25. The summed E-state index contributed by atoms with van der Waals surface area (Å²) in [7, 11) is 0. The van der Waals surface area contributed by atoms with Crippen LogP contribution in [-0.4, -0.2) is 40.6 Å². The SMILES string of the molecule is [N-]=[N+]=NC1OC(CO)C(O)C1Cl. The molecule has 6 nitrogen and oxygen atoms in total. The standard InChI is InChI=1S/C5H8ClN3O3/c6-3-4(11)2(1-10)12-5(3)8-9-7/h2-5,10-11H,1H2. The molecule has 1 aliphatic heterocycles. The number of hydrogen-bond donors (Lipinski definition) is 2. The Morgan fingerprint density at radius 3 is 2.75 bits per heavy atom. The zero-order valence-corrected chi connectivity index (χ0v) is 6.79. The molecule has 0 amide bonds. The van der Waals surface area contributed by atoms with Crippen molar-refractivity contribution < 1.29 is 14.9 Å². The van der Waals surface area contributed by atoms with Gasteiger partial charge in [0.1, 0.15) is 12.2 Å². The molecule has 7 heteroatoms. The molecular weight excluding hydrogens is 186 g/mol. The minimum atomic E-state index is -0.993. The number of nitrogens with zero attached hydrogens (tertiary/aromatic N) is 3. The van der Waals surface area contributed by atoms with E-state index in [0.29, 0.717) is 0 Å². The molecule has 2 N–H and O–H groups in total. The van der Waals surface area contributed by atoms with E-state index < -0.39 is 23.8 Å². The van der Waals surface area contributed by atoms with Crippen LogP contribution >= 0.6 is 11.6 Å². The lowest BCUT2D eigenvalue weighted by atomic mass is 10.2. The summed E-state index contributed by atoms with van der Waals surface area (Å²) in [5.41, 5.74) is 8.07. The van der Waals surface area contributed by atoms with Crippen molar-refractivity contribution >= 4 is 11.6 Å². The molecule has 0 aromatic rings. The van der Waals surface area contributed by atoms with Gasteiger partial charge in [-0.2, -0.15) is 0 Å². The topological polar surface area (TPSA) is 98.5 Å². The normalized spacial score (nSPS) is 40.9. The second-order valence-corrected chi connectivity index (χ2v) is 2.89. The first-order valence-corrected chi connectivity index (χ1v) is 3.77. The summed E-state index contributed by atoms with van der Waals surface area (Å²) in [6.45, 7) is -0.345. The second kappa shape index (κ2) is 3.93. The number of ether oxygens (including phenoxy) is 1. The summed E-state index contributed by atoms with van der Waals surface area (Å²) in [5.74, 6) is 0. The highest BCUT2D eigenvalue weighted by molar-refractivity contribution is 6.21. The molecule has 0 spiro atoms. The Kier molecular flexibility index (Phi) is 3.13. The summed E-state index contributed by atoms with van der Waals surface area (Å²) in [6, 6.07) is 0. The van der Waals surface area contributed by atoms with E-state index >= 15 is 0 Å². The molecule has 1 fully saturated rings. The molecule has 0 aromatic carbocycles. The van der Waals surface area contributed by atoms with E-state index in [2.05, 4.69) is 10.0 Å². The fourth-order valence-corrected chi connectivity index (χ4v) is 1.27. The lowest BCUT2D eigenvalue weighted by Crippen LogP contribution is -2.29. The molecule has 1 heterocycles. The summed E-state index contributed by atoms with van der Waals surface area (Å²) in [5, 5.41) is 20.3. The third-order valence-corrected chi connectivity index (χ3v) is 2.11. The van der Waals surface area contributed by atoms with Gasteiger partial charge >= 0.3 is 0 Å². The van der Waals surface area contributed by atoms with Gasteiger partial charge in [-0.3, -0.25) is 0 Å². The zero-order chi connectivity index (χ0) is 9.14. The van der Waals surface area contributed by atoms with Crippen LogP contribution in [0.2, 0.25) is 0 Å². The maximum atomic E-state index is 9.25. The summed E-state index contributed by atoms with van der Waals surface area (Å²) >= 11 is 5.63. The van der Waals surface area contributed by atoms with Gasteiger partial charge in [0.25, 0.3) is 0 Å². The first kappa shape index (κ1) is 9.57. The average molecular weight is 194 g/mol. The van der Waals surface area contributed by atoms with E-state index in [1.807, 2.05) is 0 Å². The molecule has 0 bridgehead atoms. The summed E-state index contributed by atoms with van der Waals surface area (Å²) in [6.07, 6.45) is -2.65. The van der Waals surface area contributed by atoms with Crippen LogP contribution < -0.4 is 0 Å². The number of alkyl halides is 1. The predicted octanol–water partition coefficient (Wildman–Crippen LogP) is -0.0178. The van der Waals surface area contributed by atoms with Crippen molar-refractivity contribution in [2.45, 2.75) is 23.8 Å². The van der Waals surface area contributed by atoms with Crippen LogP contribution in [0.5, 0.6) is 0 Å². The number of aliphatic hydroxyl groups is 2. The Bertz CT molecular complexity index is 208. The lowest BCUT2D eigenvalue weighted by Gasteiger charge is -2.09. The number of azide groups is 1. The van der Waals surface area contributed by atoms with Crippen molar-refractivity contribution in [2.24, 2.45) is 5.11 Å². The Morgan fingerprint density at radius 2 is 2.33 bits per heavy atom. The first-order valence-electron chi connectivity index (χ1n) is 3.33. The number of rotatable bonds is 2. The van der Waals surface area contributed by atoms with E-state index in [4.69, 9.17) is 27.0 Å². The van der Waals surface area contributed by atoms with E-state index in [-0.39, 0.29) is 6.61 Å². The fraction of sp³-hybridized carbons (Fsp3) is 1.00. The predicted molar refractivity (Wildman–Crippen MR) is 40.5 cm³/mol. The molecule has 4 unspecified atom stereocenters. The van der Waals surface area contributed by atoms with Crippen molar-refractivity contribution in [1.82, 2.24) is 0 Å². The minimum Gasteiger partial charge on any atom is -0.394 e. The number of hydrogen-bond acceptors (Lipinski definition) is 4. The van der Waals surface area contributed by atoms with Crippen LogP contribution in [0.4, 0.5) is 0 Å². The molecule has 68 valence electrons. The van der Waals surface area contributed by atoms with Gasteiger partial charge in [-0.25, -0.2) is 0 Å². The maximum Gasteiger partial charge on any atom is 0.156 e. The summed E-state index contributed by atoms with van der Waals surface area (Å²) in [4.78, 5) is 2.49. The van der Waals surface area contributed by atoms with Gasteiger partial charge in [-0.05, 0) is 5.53 Å². The smallest absolute Gasteiger partial charge is 0.156 e. The molecule has 0 aromatic heterocycles. The molecule has 1 aliphatic rings. The van der Waals surface area contributed by atoms with E-state index in [0.717, 1.165) is 0 Å². The van der Waals surface area contributed by atoms with E-state index in [1.165, 1.54) is 0 Å². The van der Waals surface area contributed by atoms with Gasteiger partial charge in [0.2, 0.25) is 0 Å². The highest BCUT2D eigenvalue weighted by Crippen LogP contribution is 2.26. The third kappa shape index (κ3) is 1.63. The van der Waals surface area contributed by atoms with Gasteiger partial charge in [0.05, 0.1) is 12.0 Å². The minimum absolute atomic E-state index is 0.345. The van der Waals surface area contributed by atoms with Crippen LogP contribution in [0.25, 0.3) is 10.4 Å². The number of aliphatic hydroxyl groups excluding tert-OH is 2. The Hall–Kier alpha value is -0.520. The quantitative estimate of drug-likeness (QED) is 0.279. The average Bonchev–Trinajstić information content (AvgIpc) is 2.33. The van der Waals surface area contributed by atoms with Crippen molar-refractivity contribution in [3.8, 4) is 0 Å². The molecule has 1 rings (SSSR count). The highest BCUT2D eigenvalue weighted by Gasteiger charge is 2.41. The Labute approximate surface area is 73.3 Å². The van der Waals surface area contributed by atoms with E-state index in [1.54, 1.807) is 0 Å². The van der Waals surface area contributed by atoms with Crippen molar-refractivity contribution in [3.63, 3.8) is 0 Å². The largest absolute Gasteiger partial charge is 0.394 e. The van der Waals surface area contributed by atoms with Gasteiger partial charge < -0.3 is 14.9 Å². The second-order valence-electron chi connectivity index (χ2n) is 2.39. The van der Waals surface area contributed by atoms with Crippen LogP contribution in [0.1, 0.15) is 0 Å². The van der Waals surface area contributed by atoms with Gasteiger partial charge in [-0.15, -0.1) is 11.6 Å². The molecule has 12 heavy (non-hydrogen) atoms. The monoisotopic (exact) mass is 193 g/mol. The molecular formula is C5H8ClN3O3. The highest BCUT2D eigenvalue weighted by atomic mass is 35.5.